The fourth-order valence-corrected chi connectivity index (χ4v) is 3.23. The first-order valence-electron chi connectivity index (χ1n) is 8.10. The van der Waals surface area contributed by atoms with Gasteiger partial charge in [-0.15, -0.1) is 0 Å². The Morgan fingerprint density at radius 2 is 2.29 bits per heavy atom. The molecule has 0 spiro atoms. The quantitative estimate of drug-likeness (QED) is 0.871. The van der Waals surface area contributed by atoms with Crippen molar-refractivity contribution in [3.63, 3.8) is 0 Å². The number of likely N-dealkylation sites (tertiary alicyclic amines) is 1. The van der Waals surface area contributed by atoms with E-state index in [1.807, 2.05) is 6.20 Å². The second-order valence-corrected chi connectivity index (χ2v) is 6.65. The number of rotatable bonds is 6. The fourth-order valence-electron chi connectivity index (χ4n) is 3.23. The van der Waals surface area contributed by atoms with E-state index in [1.165, 1.54) is 30.6 Å². The van der Waals surface area contributed by atoms with E-state index in [2.05, 4.69) is 48.8 Å². The number of pyridine rings is 1. The molecule has 0 amide bonds. The van der Waals surface area contributed by atoms with Crippen LogP contribution in [0.2, 0.25) is 0 Å². The highest BCUT2D eigenvalue weighted by molar-refractivity contribution is 5.46. The Bertz CT molecular complexity index is 460. The summed E-state index contributed by atoms with van der Waals surface area (Å²) in [5.41, 5.74) is 8.54. The van der Waals surface area contributed by atoms with Crippen LogP contribution < -0.4 is 10.6 Å². The Morgan fingerprint density at radius 1 is 1.52 bits per heavy atom. The van der Waals surface area contributed by atoms with Crippen LogP contribution in [0.5, 0.6) is 0 Å². The molecule has 1 aromatic rings. The van der Waals surface area contributed by atoms with Gasteiger partial charge in [0.25, 0.3) is 0 Å². The first-order chi connectivity index (χ1) is 9.99. The van der Waals surface area contributed by atoms with Crippen LogP contribution in [0.4, 0.5) is 5.82 Å². The zero-order valence-electron chi connectivity index (χ0n) is 14.0. The van der Waals surface area contributed by atoms with Gasteiger partial charge in [0.1, 0.15) is 5.82 Å². The van der Waals surface area contributed by atoms with Crippen molar-refractivity contribution in [3.05, 3.63) is 23.4 Å². The highest BCUT2D eigenvalue weighted by atomic mass is 15.2. The Balaban J connectivity index is 1.99. The highest BCUT2D eigenvalue weighted by Crippen LogP contribution is 2.21. The molecule has 21 heavy (non-hydrogen) atoms. The van der Waals surface area contributed by atoms with Gasteiger partial charge in [-0.25, -0.2) is 4.98 Å². The van der Waals surface area contributed by atoms with Crippen molar-refractivity contribution in [1.29, 1.82) is 0 Å². The first kappa shape index (κ1) is 16.2. The van der Waals surface area contributed by atoms with Gasteiger partial charge in [0.15, 0.2) is 0 Å². The molecule has 0 aromatic carbocycles. The SMILES string of the molecule is CCC(N)Cc1cnc(N(C)CC2CCN(C)C2)c(C)c1. The fraction of sp³-hybridized carbons (Fsp3) is 0.706. The van der Waals surface area contributed by atoms with Gasteiger partial charge in [-0.1, -0.05) is 13.0 Å². The second kappa shape index (κ2) is 7.23. The third-order valence-corrected chi connectivity index (χ3v) is 4.51. The lowest BCUT2D eigenvalue weighted by Crippen LogP contribution is -2.28. The van der Waals surface area contributed by atoms with Gasteiger partial charge in [0, 0.05) is 32.4 Å². The lowest BCUT2D eigenvalue weighted by Gasteiger charge is -2.24. The molecule has 0 saturated carbocycles. The Labute approximate surface area is 129 Å². The summed E-state index contributed by atoms with van der Waals surface area (Å²) >= 11 is 0. The van der Waals surface area contributed by atoms with Crippen LogP contribution >= 0.6 is 0 Å². The zero-order chi connectivity index (χ0) is 15.4. The molecule has 0 radical (unpaired) electrons. The maximum absolute atomic E-state index is 6.03. The number of aryl methyl sites for hydroxylation is 1. The average Bonchev–Trinajstić information content (AvgIpc) is 2.83. The van der Waals surface area contributed by atoms with Crippen molar-refractivity contribution in [2.24, 2.45) is 11.7 Å². The van der Waals surface area contributed by atoms with Gasteiger partial charge in [-0.2, -0.15) is 0 Å². The van der Waals surface area contributed by atoms with Crippen LogP contribution in [0, 0.1) is 12.8 Å². The molecule has 4 nitrogen and oxygen atoms in total. The van der Waals surface area contributed by atoms with Gasteiger partial charge in [-0.05, 0) is 56.8 Å². The van der Waals surface area contributed by atoms with Crippen molar-refractivity contribution in [3.8, 4) is 0 Å². The minimum Gasteiger partial charge on any atom is -0.359 e. The minimum absolute atomic E-state index is 0.240. The third-order valence-electron chi connectivity index (χ3n) is 4.51. The van der Waals surface area contributed by atoms with E-state index in [4.69, 9.17) is 5.73 Å². The summed E-state index contributed by atoms with van der Waals surface area (Å²) in [7, 11) is 4.36. The molecule has 2 N–H and O–H groups in total. The van der Waals surface area contributed by atoms with Gasteiger partial charge < -0.3 is 15.5 Å². The lowest BCUT2D eigenvalue weighted by molar-refractivity contribution is 0.395. The van der Waals surface area contributed by atoms with Crippen LogP contribution in [-0.4, -0.2) is 49.7 Å². The molecule has 0 aliphatic carbocycles. The van der Waals surface area contributed by atoms with E-state index in [-0.39, 0.29) is 6.04 Å². The molecule has 1 aromatic heterocycles. The Morgan fingerprint density at radius 3 is 2.86 bits per heavy atom. The van der Waals surface area contributed by atoms with Crippen molar-refractivity contribution < 1.29 is 0 Å². The summed E-state index contributed by atoms with van der Waals surface area (Å²) in [6, 6.07) is 2.48. The van der Waals surface area contributed by atoms with Crippen LogP contribution in [-0.2, 0) is 6.42 Å². The summed E-state index contributed by atoms with van der Waals surface area (Å²) in [6.45, 7) is 7.80. The Hall–Kier alpha value is -1.13. The first-order valence-corrected chi connectivity index (χ1v) is 8.10. The van der Waals surface area contributed by atoms with Gasteiger partial charge in [0.05, 0.1) is 0 Å². The van der Waals surface area contributed by atoms with E-state index < -0.39 is 0 Å². The van der Waals surface area contributed by atoms with Gasteiger partial charge in [0.2, 0.25) is 0 Å². The standard InChI is InChI=1S/C17H30N4/c1-5-16(18)9-15-8-13(2)17(19-10-15)21(4)12-14-6-7-20(3)11-14/h8,10,14,16H,5-7,9,11-12,18H2,1-4H3. The molecule has 1 fully saturated rings. The Kier molecular flexibility index (Phi) is 5.59. The van der Waals surface area contributed by atoms with E-state index in [9.17, 15) is 0 Å². The molecular weight excluding hydrogens is 260 g/mol. The lowest BCUT2D eigenvalue weighted by atomic mass is 10.0. The summed E-state index contributed by atoms with van der Waals surface area (Å²) < 4.78 is 0. The smallest absolute Gasteiger partial charge is 0.131 e. The van der Waals surface area contributed by atoms with Crippen molar-refractivity contribution in [2.45, 2.75) is 39.2 Å². The van der Waals surface area contributed by atoms with Crippen LogP contribution in [0.3, 0.4) is 0 Å². The summed E-state index contributed by atoms with van der Waals surface area (Å²) in [4.78, 5) is 9.40. The largest absolute Gasteiger partial charge is 0.359 e. The topological polar surface area (TPSA) is 45.4 Å². The molecule has 1 aliphatic rings. The predicted molar refractivity (Wildman–Crippen MR) is 89.8 cm³/mol. The second-order valence-electron chi connectivity index (χ2n) is 6.65. The van der Waals surface area contributed by atoms with Crippen molar-refractivity contribution in [1.82, 2.24) is 9.88 Å². The van der Waals surface area contributed by atoms with E-state index in [0.717, 1.165) is 31.1 Å². The third kappa shape index (κ3) is 4.42. The van der Waals surface area contributed by atoms with Gasteiger partial charge >= 0.3 is 0 Å². The highest BCUT2D eigenvalue weighted by Gasteiger charge is 2.21. The molecule has 2 unspecified atom stereocenters. The molecule has 118 valence electrons. The van der Waals surface area contributed by atoms with E-state index in [0.29, 0.717) is 0 Å². The maximum Gasteiger partial charge on any atom is 0.131 e. The van der Waals surface area contributed by atoms with E-state index in [1.54, 1.807) is 0 Å². The number of nitrogens with two attached hydrogens (primary N) is 1. The number of nitrogens with zero attached hydrogens (tertiary/aromatic N) is 3. The maximum atomic E-state index is 6.03. The minimum atomic E-state index is 0.240. The molecule has 0 bridgehead atoms. The van der Waals surface area contributed by atoms with Crippen LogP contribution in [0.1, 0.15) is 30.9 Å². The summed E-state index contributed by atoms with van der Waals surface area (Å²) in [6.07, 6.45) is 5.22. The molecule has 2 rings (SSSR count). The molecular formula is C17H30N4. The van der Waals surface area contributed by atoms with Gasteiger partial charge in [-0.3, -0.25) is 0 Å². The molecule has 4 heteroatoms. The number of anilines is 1. The molecule has 2 heterocycles. The number of hydrogen-bond donors (Lipinski definition) is 1. The average molecular weight is 290 g/mol. The molecule has 1 aliphatic heterocycles. The number of aromatic nitrogens is 1. The molecule has 1 saturated heterocycles. The van der Waals surface area contributed by atoms with Crippen molar-refractivity contribution in [2.75, 3.05) is 38.6 Å². The predicted octanol–water partition coefficient (Wildman–Crippen LogP) is 2.06. The normalized spacial score (nSPS) is 20.7. The van der Waals surface area contributed by atoms with Crippen LogP contribution in [0.25, 0.3) is 0 Å². The summed E-state index contributed by atoms with van der Waals surface area (Å²) in [5, 5.41) is 0. The summed E-state index contributed by atoms with van der Waals surface area (Å²) in [5.74, 6) is 1.87. The zero-order valence-corrected chi connectivity index (χ0v) is 14.0. The van der Waals surface area contributed by atoms with E-state index >= 15 is 0 Å². The van der Waals surface area contributed by atoms with Crippen LogP contribution in [0.15, 0.2) is 12.3 Å². The van der Waals surface area contributed by atoms with Crippen molar-refractivity contribution >= 4 is 5.82 Å². The monoisotopic (exact) mass is 290 g/mol. The molecule has 2 atom stereocenters. The number of hydrogen-bond acceptors (Lipinski definition) is 4.